The summed E-state index contributed by atoms with van der Waals surface area (Å²) in [6, 6.07) is 2.31. The zero-order valence-corrected chi connectivity index (χ0v) is 15.7. The Labute approximate surface area is 153 Å². The quantitative estimate of drug-likeness (QED) is 0.441. The van der Waals surface area contributed by atoms with Gasteiger partial charge in [-0.2, -0.15) is 5.26 Å². The topological polar surface area (TPSA) is 36.3 Å². The lowest BCUT2D eigenvalue weighted by atomic mass is 9.78. The molecule has 0 bridgehead atoms. The zero-order valence-electron chi connectivity index (χ0n) is 15.7. The predicted molar refractivity (Wildman–Crippen MR) is 106 cm³/mol. The molecule has 134 valence electrons. The number of hydrogen-bond acceptors (Lipinski definition) is 3. The predicted octanol–water partition coefficient (Wildman–Crippen LogP) is 4.94. The number of hydrogen-bond donors (Lipinski definition) is 0. The summed E-state index contributed by atoms with van der Waals surface area (Å²) in [6.07, 6.45) is 10.3. The Bertz CT molecular complexity index is 623. The third-order valence-corrected chi connectivity index (χ3v) is 4.66. The lowest BCUT2D eigenvalue weighted by Crippen LogP contribution is -2.39. The van der Waals surface area contributed by atoms with Gasteiger partial charge >= 0.3 is 0 Å². The molecule has 0 amide bonds. The van der Waals surface area contributed by atoms with Crippen LogP contribution in [0.1, 0.15) is 26.2 Å². The molecule has 1 aliphatic rings. The molecule has 1 fully saturated rings. The highest BCUT2D eigenvalue weighted by Crippen LogP contribution is 2.34. The second-order valence-electron chi connectivity index (χ2n) is 6.97. The van der Waals surface area contributed by atoms with Gasteiger partial charge in [0.05, 0.1) is 13.2 Å². The van der Waals surface area contributed by atoms with Gasteiger partial charge in [0.1, 0.15) is 5.76 Å². The van der Waals surface area contributed by atoms with Gasteiger partial charge in [-0.05, 0) is 54.1 Å². The Kier molecular flexibility index (Phi) is 8.18. The number of nitrogens with zero attached hydrogens (tertiary/aromatic N) is 2. The molecule has 0 atom stereocenters. The Morgan fingerprint density at radius 3 is 2.16 bits per heavy atom. The van der Waals surface area contributed by atoms with Crippen molar-refractivity contribution in [3.63, 3.8) is 0 Å². The molecule has 1 rings (SSSR count). The van der Waals surface area contributed by atoms with Gasteiger partial charge in [-0.3, -0.25) is 4.90 Å². The maximum atomic E-state index is 8.93. The molecule has 0 aromatic heterocycles. The summed E-state index contributed by atoms with van der Waals surface area (Å²) in [4.78, 5) is 2.39. The Hall–Kier alpha value is -2.31. The number of methoxy groups -OCH3 is 1. The molecule has 0 N–H and O–H groups in total. The van der Waals surface area contributed by atoms with Crippen molar-refractivity contribution in [3.8, 4) is 6.07 Å². The molecule has 0 aromatic rings. The number of rotatable bonds is 9. The maximum absolute atomic E-state index is 8.93. The van der Waals surface area contributed by atoms with Crippen LogP contribution in [0.2, 0.25) is 0 Å². The van der Waals surface area contributed by atoms with E-state index >= 15 is 0 Å². The fourth-order valence-corrected chi connectivity index (χ4v) is 2.65. The monoisotopic (exact) mass is 338 g/mol. The first kappa shape index (κ1) is 20.7. The molecule has 3 heteroatoms. The van der Waals surface area contributed by atoms with Crippen molar-refractivity contribution in [2.75, 3.05) is 26.7 Å². The average Bonchev–Trinajstić information content (AvgIpc) is 2.59. The fraction of sp³-hybridized carbons (Fsp3) is 0.409. The van der Waals surface area contributed by atoms with Gasteiger partial charge in [0, 0.05) is 13.0 Å². The Morgan fingerprint density at radius 2 is 1.64 bits per heavy atom. The van der Waals surface area contributed by atoms with Crippen molar-refractivity contribution in [2.45, 2.75) is 26.2 Å². The van der Waals surface area contributed by atoms with Gasteiger partial charge in [-0.1, -0.05) is 51.5 Å². The fourth-order valence-electron chi connectivity index (χ4n) is 2.65. The van der Waals surface area contributed by atoms with E-state index in [4.69, 9.17) is 10.00 Å². The average molecular weight is 338 g/mol. The summed E-state index contributed by atoms with van der Waals surface area (Å²) in [5.41, 5.74) is 2.87. The van der Waals surface area contributed by atoms with Crippen LogP contribution in [0, 0.1) is 16.7 Å². The van der Waals surface area contributed by atoms with Gasteiger partial charge in [-0.25, -0.2) is 0 Å². The summed E-state index contributed by atoms with van der Waals surface area (Å²) < 4.78 is 4.99. The first-order chi connectivity index (χ1) is 11.8. The highest BCUT2D eigenvalue weighted by Gasteiger charge is 2.29. The smallest absolute Gasteiger partial charge is 0.111 e. The first-order valence-electron chi connectivity index (χ1n) is 8.54. The maximum Gasteiger partial charge on any atom is 0.111 e. The second kappa shape index (κ2) is 9.86. The SMILES string of the molecule is C=C(/C=C\C(=C)C(=C)/C=C\C(=C)OC)CN1CCC(C)(CC#N)CC1. The Morgan fingerprint density at radius 1 is 1.08 bits per heavy atom. The summed E-state index contributed by atoms with van der Waals surface area (Å²) >= 11 is 0. The van der Waals surface area contributed by atoms with Crippen molar-refractivity contribution < 1.29 is 4.74 Å². The lowest BCUT2D eigenvalue weighted by Gasteiger charge is -2.38. The van der Waals surface area contributed by atoms with E-state index < -0.39 is 0 Å². The molecule has 3 nitrogen and oxygen atoms in total. The van der Waals surface area contributed by atoms with E-state index in [0.29, 0.717) is 12.2 Å². The number of piperidine rings is 1. The lowest BCUT2D eigenvalue weighted by molar-refractivity contribution is 0.130. The van der Waals surface area contributed by atoms with Crippen molar-refractivity contribution in [3.05, 3.63) is 73.1 Å². The van der Waals surface area contributed by atoms with Crippen LogP contribution in [-0.2, 0) is 4.74 Å². The number of likely N-dealkylation sites (tertiary alicyclic amines) is 1. The van der Waals surface area contributed by atoms with Gasteiger partial charge in [0.2, 0.25) is 0 Å². The van der Waals surface area contributed by atoms with Crippen LogP contribution in [0.5, 0.6) is 0 Å². The molecular weight excluding hydrogens is 308 g/mol. The van der Waals surface area contributed by atoms with Gasteiger partial charge in [0.15, 0.2) is 0 Å². The second-order valence-corrected chi connectivity index (χ2v) is 6.97. The summed E-state index contributed by atoms with van der Waals surface area (Å²) in [6.45, 7) is 21.0. The molecule has 0 aromatic carbocycles. The third kappa shape index (κ3) is 7.41. The highest BCUT2D eigenvalue weighted by molar-refractivity contribution is 5.45. The van der Waals surface area contributed by atoms with E-state index in [9.17, 15) is 0 Å². The van der Waals surface area contributed by atoms with Crippen LogP contribution in [0.3, 0.4) is 0 Å². The zero-order chi connectivity index (χ0) is 18.9. The molecule has 0 unspecified atom stereocenters. The molecule has 0 radical (unpaired) electrons. The van der Waals surface area contributed by atoms with Crippen LogP contribution in [0.15, 0.2) is 73.1 Å². The van der Waals surface area contributed by atoms with Crippen molar-refractivity contribution in [1.82, 2.24) is 4.90 Å². The van der Waals surface area contributed by atoms with E-state index in [1.807, 2.05) is 18.2 Å². The summed E-state index contributed by atoms with van der Waals surface area (Å²) in [5.74, 6) is 0.579. The molecule has 1 aliphatic heterocycles. The Balaban J connectivity index is 2.44. The molecule has 0 aliphatic carbocycles. The van der Waals surface area contributed by atoms with E-state index in [1.165, 1.54) is 0 Å². The molecule has 0 saturated carbocycles. The minimum atomic E-state index is 0.174. The standard InChI is InChI=1S/C22H30N2O/c1-18(7-8-19(2)20(3)9-10-21(4)25-6)17-24-15-12-22(5,11-14-23)13-16-24/h7-10H,1-4,11-13,15-17H2,5-6H3/b8-7-,10-9-. The largest absolute Gasteiger partial charge is 0.497 e. The number of nitriles is 1. The van der Waals surface area contributed by atoms with Crippen LogP contribution in [-0.4, -0.2) is 31.6 Å². The van der Waals surface area contributed by atoms with Gasteiger partial charge in [-0.15, -0.1) is 0 Å². The minimum absolute atomic E-state index is 0.174. The number of ether oxygens (including phenoxy) is 1. The summed E-state index contributed by atoms with van der Waals surface area (Å²) in [5, 5.41) is 8.93. The molecule has 0 spiro atoms. The van der Waals surface area contributed by atoms with Gasteiger partial charge in [0.25, 0.3) is 0 Å². The van der Waals surface area contributed by atoms with E-state index in [2.05, 4.69) is 44.2 Å². The van der Waals surface area contributed by atoms with Crippen LogP contribution in [0.4, 0.5) is 0 Å². The highest BCUT2D eigenvalue weighted by atomic mass is 16.5. The van der Waals surface area contributed by atoms with Crippen LogP contribution >= 0.6 is 0 Å². The van der Waals surface area contributed by atoms with Crippen molar-refractivity contribution in [2.24, 2.45) is 5.41 Å². The molecule has 1 heterocycles. The first-order valence-corrected chi connectivity index (χ1v) is 8.54. The molecule has 25 heavy (non-hydrogen) atoms. The van der Waals surface area contributed by atoms with Gasteiger partial charge < -0.3 is 4.74 Å². The van der Waals surface area contributed by atoms with E-state index in [0.717, 1.165) is 49.2 Å². The molecular formula is C22H30N2O. The number of allylic oxidation sites excluding steroid dienone is 5. The van der Waals surface area contributed by atoms with Crippen molar-refractivity contribution >= 4 is 0 Å². The molecule has 1 saturated heterocycles. The normalized spacial score (nSPS) is 17.3. The van der Waals surface area contributed by atoms with E-state index in [1.54, 1.807) is 13.2 Å². The van der Waals surface area contributed by atoms with Crippen LogP contribution in [0.25, 0.3) is 0 Å². The van der Waals surface area contributed by atoms with Crippen molar-refractivity contribution in [1.29, 1.82) is 5.26 Å². The van der Waals surface area contributed by atoms with Crippen LogP contribution < -0.4 is 0 Å². The summed E-state index contributed by atoms with van der Waals surface area (Å²) in [7, 11) is 1.58. The third-order valence-electron chi connectivity index (χ3n) is 4.66. The van der Waals surface area contributed by atoms with E-state index in [-0.39, 0.29) is 5.41 Å². The minimum Gasteiger partial charge on any atom is -0.497 e.